The molecule has 0 aromatic heterocycles. The molecule has 24 heavy (non-hydrogen) atoms. The lowest BCUT2D eigenvalue weighted by Gasteiger charge is -2.27. The van der Waals surface area contributed by atoms with Gasteiger partial charge in [-0.1, -0.05) is 37.3 Å². The fraction of sp³-hybridized carbons (Fsp3) is 0.381. The zero-order valence-electron chi connectivity index (χ0n) is 14.9. The third-order valence-corrected chi connectivity index (χ3v) is 4.97. The molecule has 0 saturated heterocycles. The van der Waals surface area contributed by atoms with Crippen LogP contribution in [0.4, 0.5) is 5.69 Å². The zero-order valence-corrected chi connectivity index (χ0v) is 14.9. The van der Waals surface area contributed by atoms with Crippen LogP contribution in [0.25, 0.3) is 0 Å². The Hall–Kier alpha value is -2.29. The van der Waals surface area contributed by atoms with Gasteiger partial charge in [0.05, 0.1) is 17.3 Å². The van der Waals surface area contributed by atoms with Gasteiger partial charge < -0.3 is 10.6 Å². The summed E-state index contributed by atoms with van der Waals surface area (Å²) in [6, 6.07) is 12.4. The van der Waals surface area contributed by atoms with Gasteiger partial charge in [-0.3, -0.25) is 4.79 Å². The normalized spacial score (nSPS) is 17.6. The highest BCUT2D eigenvalue weighted by atomic mass is 16.1. The van der Waals surface area contributed by atoms with E-state index in [2.05, 4.69) is 49.6 Å². The zero-order chi connectivity index (χ0) is 17.3. The molecule has 0 fully saturated rings. The molecule has 2 N–H and O–H groups in total. The van der Waals surface area contributed by atoms with Gasteiger partial charge in [-0.15, -0.1) is 0 Å². The molecular formula is C21H26N2O. The summed E-state index contributed by atoms with van der Waals surface area (Å²) in [5, 5.41) is 6.60. The number of aryl methyl sites for hydroxylation is 2. The second-order valence-corrected chi connectivity index (χ2v) is 6.94. The summed E-state index contributed by atoms with van der Waals surface area (Å²) in [6.45, 7) is 9.33. The molecule has 1 aliphatic heterocycles. The van der Waals surface area contributed by atoms with Crippen molar-refractivity contribution in [2.75, 3.05) is 11.9 Å². The highest BCUT2D eigenvalue weighted by molar-refractivity contribution is 6.01. The van der Waals surface area contributed by atoms with Crippen molar-refractivity contribution in [1.29, 1.82) is 0 Å². The van der Waals surface area contributed by atoms with Gasteiger partial charge in [0.25, 0.3) is 5.91 Å². The third-order valence-electron chi connectivity index (χ3n) is 4.97. The van der Waals surface area contributed by atoms with E-state index in [0.717, 1.165) is 35.3 Å². The molecule has 2 aromatic carbocycles. The summed E-state index contributed by atoms with van der Waals surface area (Å²) in [7, 11) is 0. The molecule has 1 aliphatic rings. The van der Waals surface area contributed by atoms with Gasteiger partial charge in [-0.2, -0.15) is 0 Å². The maximum Gasteiger partial charge on any atom is 0.253 e. The van der Waals surface area contributed by atoms with Crippen molar-refractivity contribution in [3.63, 3.8) is 0 Å². The molecule has 126 valence electrons. The summed E-state index contributed by atoms with van der Waals surface area (Å²) >= 11 is 0. The second-order valence-electron chi connectivity index (χ2n) is 6.94. The maximum absolute atomic E-state index is 12.9. The van der Waals surface area contributed by atoms with Crippen LogP contribution in [0.5, 0.6) is 0 Å². The largest absolute Gasteiger partial charge is 0.384 e. The summed E-state index contributed by atoms with van der Waals surface area (Å²) in [6.07, 6.45) is 1.11. The van der Waals surface area contributed by atoms with Gasteiger partial charge in [0.1, 0.15) is 0 Å². The Morgan fingerprint density at radius 3 is 2.75 bits per heavy atom. The molecule has 0 spiro atoms. The van der Waals surface area contributed by atoms with Crippen molar-refractivity contribution in [1.82, 2.24) is 5.32 Å². The summed E-state index contributed by atoms with van der Waals surface area (Å²) < 4.78 is 0. The number of rotatable bonds is 3. The molecule has 3 heteroatoms. The number of hydrogen-bond donors (Lipinski definition) is 2. The van der Waals surface area contributed by atoms with Gasteiger partial charge in [-0.25, -0.2) is 0 Å². The van der Waals surface area contributed by atoms with Crippen LogP contribution in [0, 0.1) is 13.8 Å². The number of carbonyl (C=O) groups is 1. The topological polar surface area (TPSA) is 41.1 Å². The van der Waals surface area contributed by atoms with E-state index in [-0.39, 0.29) is 11.9 Å². The molecule has 3 nitrogen and oxygen atoms in total. The molecule has 1 heterocycles. The lowest BCUT2D eigenvalue weighted by Crippen LogP contribution is -2.29. The lowest BCUT2D eigenvalue weighted by molar-refractivity contribution is 0.0940. The molecule has 2 atom stereocenters. The van der Waals surface area contributed by atoms with Crippen molar-refractivity contribution in [2.45, 2.75) is 46.1 Å². The second kappa shape index (κ2) is 6.68. The van der Waals surface area contributed by atoms with Gasteiger partial charge in [0, 0.05) is 6.54 Å². The van der Waals surface area contributed by atoms with E-state index in [1.165, 1.54) is 11.1 Å². The number of nitrogens with one attached hydrogen (secondary N) is 2. The lowest BCUT2D eigenvalue weighted by atomic mass is 9.88. The van der Waals surface area contributed by atoms with Crippen molar-refractivity contribution in [2.24, 2.45) is 0 Å². The first-order valence-electron chi connectivity index (χ1n) is 8.72. The number of benzene rings is 2. The predicted molar refractivity (Wildman–Crippen MR) is 99.8 cm³/mol. The molecule has 0 aliphatic carbocycles. The monoisotopic (exact) mass is 322 g/mol. The fourth-order valence-electron chi connectivity index (χ4n) is 3.57. The first kappa shape index (κ1) is 16.6. The number of carbonyl (C=O) groups excluding carboxylic acids is 1. The Kier molecular flexibility index (Phi) is 4.61. The molecule has 0 radical (unpaired) electrons. The quantitative estimate of drug-likeness (QED) is 0.859. The van der Waals surface area contributed by atoms with Crippen LogP contribution in [0.2, 0.25) is 0 Å². The highest BCUT2D eigenvalue weighted by Gasteiger charge is 2.23. The number of amides is 1. The molecule has 2 aromatic rings. The minimum Gasteiger partial charge on any atom is -0.384 e. The maximum atomic E-state index is 12.9. The van der Waals surface area contributed by atoms with Crippen LogP contribution < -0.4 is 10.6 Å². The average molecular weight is 322 g/mol. The smallest absolute Gasteiger partial charge is 0.253 e. The standard InChI is InChI=1S/C21H26N2O/c1-13-11-18-15(3)9-10-22-20(18)19(12-13)21(24)23-16(4)17-8-6-5-7-14(17)2/h5-8,11-12,15-16,22H,9-10H2,1-4H3,(H,23,24). The molecular weight excluding hydrogens is 296 g/mol. The van der Waals surface area contributed by atoms with E-state index < -0.39 is 0 Å². The predicted octanol–water partition coefficient (Wildman–Crippen LogP) is 4.71. The number of hydrogen-bond acceptors (Lipinski definition) is 2. The van der Waals surface area contributed by atoms with Crippen LogP contribution >= 0.6 is 0 Å². The Morgan fingerprint density at radius 1 is 1.25 bits per heavy atom. The highest BCUT2D eigenvalue weighted by Crippen LogP contribution is 2.35. The first-order chi connectivity index (χ1) is 11.5. The van der Waals surface area contributed by atoms with Crippen LogP contribution in [0.3, 0.4) is 0 Å². The van der Waals surface area contributed by atoms with E-state index in [0.29, 0.717) is 5.92 Å². The van der Waals surface area contributed by atoms with E-state index in [9.17, 15) is 4.79 Å². The minimum atomic E-state index is -0.0177. The van der Waals surface area contributed by atoms with Crippen molar-refractivity contribution >= 4 is 11.6 Å². The molecule has 2 unspecified atom stereocenters. The molecule has 0 bridgehead atoms. The first-order valence-corrected chi connectivity index (χ1v) is 8.72. The van der Waals surface area contributed by atoms with Crippen molar-refractivity contribution in [3.8, 4) is 0 Å². The Morgan fingerprint density at radius 2 is 2.00 bits per heavy atom. The van der Waals surface area contributed by atoms with E-state index >= 15 is 0 Å². The summed E-state index contributed by atoms with van der Waals surface area (Å²) in [4.78, 5) is 12.9. The van der Waals surface area contributed by atoms with Gasteiger partial charge in [0.2, 0.25) is 0 Å². The Balaban J connectivity index is 1.89. The SMILES string of the molecule is Cc1cc(C(=O)NC(C)c2ccccc2C)c2c(c1)C(C)CCN2. The van der Waals surface area contributed by atoms with E-state index in [1.807, 2.05) is 25.1 Å². The number of anilines is 1. The van der Waals surface area contributed by atoms with Crippen LogP contribution in [0.15, 0.2) is 36.4 Å². The Labute approximate surface area is 144 Å². The Bertz CT molecular complexity index is 766. The van der Waals surface area contributed by atoms with Crippen LogP contribution in [-0.4, -0.2) is 12.5 Å². The van der Waals surface area contributed by atoms with Crippen LogP contribution in [0.1, 0.15) is 64.8 Å². The van der Waals surface area contributed by atoms with Crippen LogP contribution in [-0.2, 0) is 0 Å². The summed E-state index contributed by atoms with van der Waals surface area (Å²) in [5.74, 6) is 0.480. The van der Waals surface area contributed by atoms with Gasteiger partial charge in [0.15, 0.2) is 0 Å². The van der Waals surface area contributed by atoms with E-state index in [4.69, 9.17) is 0 Å². The fourth-order valence-corrected chi connectivity index (χ4v) is 3.57. The molecule has 0 saturated carbocycles. The van der Waals surface area contributed by atoms with Gasteiger partial charge >= 0.3 is 0 Å². The van der Waals surface area contributed by atoms with Crippen molar-refractivity contribution in [3.05, 3.63) is 64.2 Å². The van der Waals surface area contributed by atoms with Crippen molar-refractivity contribution < 1.29 is 4.79 Å². The van der Waals surface area contributed by atoms with E-state index in [1.54, 1.807) is 0 Å². The van der Waals surface area contributed by atoms with Gasteiger partial charge in [-0.05, 0) is 61.4 Å². The summed E-state index contributed by atoms with van der Waals surface area (Å²) in [5.41, 5.74) is 6.52. The minimum absolute atomic E-state index is 0.00713. The number of fused-ring (bicyclic) bond motifs is 1. The molecule has 3 rings (SSSR count). The molecule has 1 amide bonds. The third kappa shape index (κ3) is 3.16. The average Bonchev–Trinajstić information content (AvgIpc) is 2.55.